The minimum atomic E-state index is -0.659. The minimum absolute atomic E-state index is 0.0753. The molecule has 5 rings (SSSR count). The summed E-state index contributed by atoms with van der Waals surface area (Å²) in [5.74, 6) is -0.666. The van der Waals surface area contributed by atoms with E-state index in [9.17, 15) is 19.5 Å². The number of amides is 2. The number of phenols is 1. The van der Waals surface area contributed by atoms with Crippen molar-refractivity contribution in [2.45, 2.75) is 6.54 Å². The maximum Gasteiger partial charge on any atom is 0.259 e. The van der Waals surface area contributed by atoms with Gasteiger partial charge in [0, 0.05) is 54.4 Å². The van der Waals surface area contributed by atoms with Crippen molar-refractivity contribution in [3.63, 3.8) is 0 Å². The smallest absolute Gasteiger partial charge is 0.259 e. The number of aromatic hydroxyl groups is 1. The lowest BCUT2D eigenvalue weighted by Gasteiger charge is -2.17. The predicted molar refractivity (Wildman–Crippen MR) is 170 cm³/mol. The number of hydrogen-bond donors (Lipinski definition) is 3. The number of nitrogens with one attached hydrogen (secondary N) is 2. The quantitative estimate of drug-likeness (QED) is 0.200. The van der Waals surface area contributed by atoms with Gasteiger partial charge in [-0.25, -0.2) is 4.98 Å². The number of pyridine rings is 2. The van der Waals surface area contributed by atoms with Crippen LogP contribution in [0.15, 0.2) is 102 Å². The summed E-state index contributed by atoms with van der Waals surface area (Å²) in [6, 6.07) is 15.5. The highest BCUT2D eigenvalue weighted by Crippen LogP contribution is 2.33. The van der Waals surface area contributed by atoms with Gasteiger partial charge in [0.2, 0.25) is 0 Å². The second kappa shape index (κ2) is 13.5. The van der Waals surface area contributed by atoms with E-state index < -0.39 is 17.6 Å². The summed E-state index contributed by atoms with van der Waals surface area (Å²) in [7, 11) is 1.97. The summed E-state index contributed by atoms with van der Waals surface area (Å²) in [6.07, 6.45) is 8.85. The lowest BCUT2D eigenvalue weighted by Crippen LogP contribution is -2.23. The first-order chi connectivity index (χ1) is 21.2. The Morgan fingerprint density at radius 2 is 1.82 bits per heavy atom. The molecular weight excluding hydrogens is 605 g/mol. The van der Waals surface area contributed by atoms with E-state index >= 15 is 0 Å². The van der Waals surface area contributed by atoms with Crippen molar-refractivity contribution in [3.8, 4) is 16.9 Å². The number of aromatic nitrogens is 2. The summed E-state index contributed by atoms with van der Waals surface area (Å²) in [6.45, 7) is 1.45. The van der Waals surface area contributed by atoms with E-state index in [2.05, 4.69) is 15.6 Å². The summed E-state index contributed by atoms with van der Waals surface area (Å²) >= 11 is 11.9. The minimum Gasteiger partial charge on any atom is -0.506 e. The lowest BCUT2D eigenvalue weighted by molar-refractivity contribution is 0.102. The van der Waals surface area contributed by atoms with Crippen LogP contribution in [0.1, 0.15) is 20.7 Å². The van der Waals surface area contributed by atoms with Gasteiger partial charge in [0.05, 0.1) is 22.8 Å². The van der Waals surface area contributed by atoms with Gasteiger partial charge >= 0.3 is 0 Å². The third-order valence-electron chi connectivity index (χ3n) is 6.69. The Morgan fingerprint density at radius 3 is 2.52 bits per heavy atom. The van der Waals surface area contributed by atoms with Crippen molar-refractivity contribution >= 4 is 46.5 Å². The number of likely N-dealkylation sites (N-methyl/N-ethyl adjacent to an activating group) is 1. The van der Waals surface area contributed by atoms with Crippen molar-refractivity contribution < 1.29 is 19.4 Å². The number of carbonyl (C=O) groups excluding carboxylic acids is 2. The fourth-order valence-electron chi connectivity index (χ4n) is 4.39. The average molecular weight is 633 g/mol. The third-order valence-corrected chi connectivity index (χ3v) is 7.13. The van der Waals surface area contributed by atoms with E-state index in [4.69, 9.17) is 27.9 Å². The average Bonchev–Trinajstić information content (AvgIpc) is 3.01. The topological polar surface area (TPSA) is 126 Å². The number of hydrogen-bond acceptors (Lipinski definition) is 7. The Bertz CT molecular complexity index is 1820. The lowest BCUT2D eigenvalue weighted by atomic mass is 10.0. The molecule has 0 aliphatic carbocycles. The van der Waals surface area contributed by atoms with Crippen LogP contribution in [0.2, 0.25) is 10.0 Å². The van der Waals surface area contributed by atoms with E-state index in [0.717, 1.165) is 12.3 Å². The van der Waals surface area contributed by atoms with Crippen molar-refractivity contribution in [1.29, 1.82) is 0 Å². The zero-order valence-corrected chi connectivity index (χ0v) is 25.0. The van der Waals surface area contributed by atoms with Crippen LogP contribution in [0.3, 0.4) is 0 Å². The van der Waals surface area contributed by atoms with Gasteiger partial charge in [0.15, 0.2) is 0 Å². The molecule has 3 N–H and O–H groups in total. The van der Waals surface area contributed by atoms with Gasteiger partial charge in [-0.05, 0) is 60.2 Å². The van der Waals surface area contributed by atoms with E-state index in [0.29, 0.717) is 29.3 Å². The molecule has 0 fully saturated rings. The highest BCUT2D eigenvalue weighted by molar-refractivity contribution is 6.32. The molecule has 12 heteroatoms. The molecule has 0 unspecified atom stereocenters. The van der Waals surface area contributed by atoms with Gasteiger partial charge in [-0.1, -0.05) is 35.3 Å². The molecule has 4 aromatic rings. The van der Waals surface area contributed by atoms with E-state index in [-0.39, 0.29) is 33.2 Å². The molecule has 2 aromatic carbocycles. The highest BCUT2D eigenvalue weighted by Gasteiger charge is 2.20. The van der Waals surface area contributed by atoms with Crippen molar-refractivity contribution in [2.75, 3.05) is 30.8 Å². The predicted octanol–water partition coefficient (Wildman–Crippen LogP) is 5.79. The van der Waals surface area contributed by atoms with Gasteiger partial charge in [-0.3, -0.25) is 14.4 Å². The molecule has 0 spiro atoms. The highest BCUT2D eigenvalue weighted by atomic mass is 35.5. The normalized spacial score (nSPS) is 12.4. The van der Waals surface area contributed by atoms with Crippen molar-refractivity contribution in [2.24, 2.45) is 0 Å². The van der Waals surface area contributed by atoms with Gasteiger partial charge in [0.25, 0.3) is 17.4 Å². The fraction of sp³-hybridized carbons (Fsp3) is 0.125. The largest absolute Gasteiger partial charge is 0.506 e. The molecule has 224 valence electrons. The Hall–Kier alpha value is -5.06. The van der Waals surface area contributed by atoms with Crippen LogP contribution < -0.4 is 16.2 Å². The Balaban J connectivity index is 1.28. The number of allylic oxidation sites excluding steroid dienone is 1. The first-order valence-electron chi connectivity index (χ1n) is 13.5. The summed E-state index contributed by atoms with van der Waals surface area (Å²) in [5, 5.41) is 16.2. The number of benzene rings is 2. The zero-order chi connectivity index (χ0) is 31.2. The molecule has 0 bridgehead atoms. The van der Waals surface area contributed by atoms with Crippen LogP contribution in [0.5, 0.6) is 5.75 Å². The van der Waals surface area contributed by atoms with Crippen LogP contribution in [-0.4, -0.2) is 51.6 Å². The van der Waals surface area contributed by atoms with E-state index in [1.807, 2.05) is 30.3 Å². The summed E-state index contributed by atoms with van der Waals surface area (Å²) < 4.78 is 7.36. The van der Waals surface area contributed by atoms with Crippen molar-refractivity contribution in [1.82, 2.24) is 14.5 Å². The first kappa shape index (κ1) is 30.4. The maximum absolute atomic E-state index is 13.2. The molecule has 10 nitrogen and oxygen atoms in total. The molecule has 3 heterocycles. The third kappa shape index (κ3) is 7.28. The van der Waals surface area contributed by atoms with Crippen LogP contribution in [-0.2, 0) is 11.3 Å². The Kier molecular flexibility index (Phi) is 9.32. The van der Waals surface area contributed by atoms with Crippen LogP contribution in [0, 0.1) is 0 Å². The van der Waals surface area contributed by atoms with Gasteiger partial charge in [0.1, 0.15) is 23.9 Å². The number of halogens is 2. The summed E-state index contributed by atoms with van der Waals surface area (Å²) in [4.78, 5) is 45.4. The molecule has 0 atom stereocenters. The number of anilines is 2. The van der Waals surface area contributed by atoms with E-state index in [1.54, 1.807) is 53.2 Å². The molecule has 1 aliphatic heterocycles. The second-order valence-corrected chi connectivity index (χ2v) is 10.7. The molecule has 44 heavy (non-hydrogen) atoms. The number of rotatable bonds is 9. The molecule has 1 aliphatic rings. The number of ether oxygens (including phenoxy) is 1. The fourth-order valence-corrected chi connectivity index (χ4v) is 4.71. The number of phenolic OH excluding ortho intramolecular Hbond substituents is 1. The summed E-state index contributed by atoms with van der Waals surface area (Å²) in [5.41, 5.74) is 0.912. The molecular formula is C32H27Cl2N5O5. The molecule has 0 saturated heterocycles. The molecule has 2 aromatic heterocycles. The molecule has 0 radical (unpaired) electrons. The van der Waals surface area contributed by atoms with Gasteiger partial charge < -0.3 is 29.9 Å². The SMILES string of the molecule is CN1C=CC(OCCn2cccc(-c3ccc(C(=O)Nc4c(O)cc(Cl)cc4C(=O)Nc4ccc(Cl)cn4)cc3)c2=O)=CC1. The van der Waals surface area contributed by atoms with Gasteiger partial charge in [-0.2, -0.15) is 0 Å². The van der Waals surface area contributed by atoms with Crippen LogP contribution >= 0.6 is 23.2 Å². The Labute approximate surface area is 262 Å². The number of nitrogens with zero attached hydrogens (tertiary/aromatic N) is 3. The van der Waals surface area contributed by atoms with Crippen molar-refractivity contribution in [3.05, 3.63) is 129 Å². The molecule has 0 saturated carbocycles. The standard InChI is InChI=1S/C32H27Cl2N5O5/c1-38-13-10-24(11-14-38)44-16-15-39-12-2-3-25(32(39)43)20-4-6-21(7-5-20)30(41)37-29-26(17-23(34)18-27(29)40)31(42)36-28-9-8-22(33)19-35-28/h2-13,17-19,40H,14-16H2,1H3,(H,37,41)(H,35,36,42). The Morgan fingerprint density at radius 1 is 1.02 bits per heavy atom. The zero-order valence-electron chi connectivity index (χ0n) is 23.5. The van der Waals surface area contributed by atoms with Crippen LogP contribution in [0.4, 0.5) is 11.5 Å². The maximum atomic E-state index is 13.2. The second-order valence-electron chi connectivity index (χ2n) is 9.83. The van der Waals surface area contributed by atoms with Crippen LogP contribution in [0.25, 0.3) is 11.1 Å². The van der Waals surface area contributed by atoms with E-state index in [1.165, 1.54) is 24.4 Å². The first-order valence-corrected chi connectivity index (χ1v) is 14.2. The number of carbonyl (C=O) groups is 2. The van der Waals surface area contributed by atoms with Gasteiger partial charge in [-0.15, -0.1) is 0 Å². The monoisotopic (exact) mass is 631 g/mol. The molecule has 2 amide bonds.